The van der Waals surface area contributed by atoms with E-state index in [1.165, 1.54) is 0 Å². The Labute approximate surface area is 108 Å². The van der Waals surface area contributed by atoms with Crippen molar-refractivity contribution in [1.82, 2.24) is 0 Å². The molecule has 1 unspecified atom stereocenters. The molecule has 1 aromatic rings. The molecule has 3 heteroatoms. The number of epoxide rings is 1. The maximum Gasteiger partial charge on any atom is 0.338 e. The van der Waals surface area contributed by atoms with E-state index in [9.17, 15) is 4.79 Å². The SMILES string of the molecule is CCC(C)(C)c1ccccc1C(=O)OCC1CO1. The predicted octanol–water partition coefficient (Wildman–Crippen LogP) is 2.93. The van der Waals surface area contributed by atoms with Crippen molar-refractivity contribution in [3.8, 4) is 0 Å². The van der Waals surface area contributed by atoms with E-state index in [4.69, 9.17) is 9.47 Å². The third-order valence-corrected chi connectivity index (χ3v) is 3.56. The van der Waals surface area contributed by atoms with Crippen LogP contribution in [0.3, 0.4) is 0 Å². The molecular weight excluding hydrogens is 228 g/mol. The number of carbonyl (C=O) groups is 1. The Bertz CT molecular complexity index is 433. The molecule has 1 heterocycles. The molecule has 0 aliphatic carbocycles. The molecule has 0 spiro atoms. The predicted molar refractivity (Wildman–Crippen MR) is 69.8 cm³/mol. The molecule has 18 heavy (non-hydrogen) atoms. The van der Waals surface area contributed by atoms with Crippen LogP contribution in [0.15, 0.2) is 24.3 Å². The van der Waals surface area contributed by atoms with Crippen LogP contribution in [-0.2, 0) is 14.9 Å². The summed E-state index contributed by atoms with van der Waals surface area (Å²) >= 11 is 0. The molecule has 1 fully saturated rings. The normalized spacial score (nSPS) is 18.5. The first-order chi connectivity index (χ1) is 8.54. The molecule has 0 N–H and O–H groups in total. The minimum atomic E-state index is -0.248. The number of ether oxygens (including phenoxy) is 2. The average Bonchev–Trinajstić information content (AvgIpc) is 3.20. The lowest BCUT2D eigenvalue weighted by molar-refractivity contribution is 0.0473. The number of rotatable bonds is 5. The quantitative estimate of drug-likeness (QED) is 0.594. The smallest absolute Gasteiger partial charge is 0.338 e. The number of hydrogen-bond acceptors (Lipinski definition) is 3. The Morgan fingerprint density at radius 3 is 2.72 bits per heavy atom. The fraction of sp³-hybridized carbons (Fsp3) is 0.533. The van der Waals surface area contributed by atoms with E-state index in [0.29, 0.717) is 18.8 Å². The van der Waals surface area contributed by atoms with Gasteiger partial charge in [0.25, 0.3) is 0 Å². The van der Waals surface area contributed by atoms with Crippen molar-refractivity contribution in [2.45, 2.75) is 38.7 Å². The van der Waals surface area contributed by atoms with Crippen molar-refractivity contribution in [2.75, 3.05) is 13.2 Å². The minimum Gasteiger partial charge on any atom is -0.459 e. The van der Waals surface area contributed by atoms with Crippen molar-refractivity contribution in [2.24, 2.45) is 0 Å². The highest BCUT2D eigenvalue weighted by molar-refractivity contribution is 5.91. The molecule has 1 aliphatic rings. The zero-order valence-corrected chi connectivity index (χ0v) is 11.2. The van der Waals surface area contributed by atoms with Crippen LogP contribution < -0.4 is 0 Å². The molecule has 0 radical (unpaired) electrons. The highest BCUT2D eigenvalue weighted by Crippen LogP contribution is 2.30. The van der Waals surface area contributed by atoms with Crippen LogP contribution in [0.1, 0.15) is 43.1 Å². The Morgan fingerprint density at radius 2 is 2.11 bits per heavy atom. The molecule has 0 amide bonds. The van der Waals surface area contributed by atoms with E-state index in [-0.39, 0.29) is 17.5 Å². The first-order valence-electron chi connectivity index (χ1n) is 6.43. The van der Waals surface area contributed by atoms with Crippen LogP contribution in [0.25, 0.3) is 0 Å². The Hall–Kier alpha value is -1.35. The molecule has 3 nitrogen and oxygen atoms in total. The first-order valence-corrected chi connectivity index (χ1v) is 6.43. The second-order valence-electron chi connectivity index (χ2n) is 5.34. The standard InChI is InChI=1S/C15H20O3/c1-4-15(2,3)13-8-6-5-7-12(13)14(16)18-10-11-9-17-11/h5-8,11H,4,9-10H2,1-3H3. The summed E-state index contributed by atoms with van der Waals surface area (Å²) in [4.78, 5) is 12.1. The van der Waals surface area contributed by atoms with E-state index in [1.54, 1.807) is 0 Å². The summed E-state index contributed by atoms with van der Waals surface area (Å²) in [7, 11) is 0. The van der Waals surface area contributed by atoms with Crippen molar-refractivity contribution >= 4 is 5.97 Å². The summed E-state index contributed by atoms with van der Waals surface area (Å²) in [5.74, 6) is -0.248. The van der Waals surface area contributed by atoms with Crippen LogP contribution in [0, 0.1) is 0 Å². The summed E-state index contributed by atoms with van der Waals surface area (Å²) in [6, 6.07) is 7.68. The van der Waals surface area contributed by atoms with Gasteiger partial charge < -0.3 is 9.47 Å². The zero-order valence-electron chi connectivity index (χ0n) is 11.2. The van der Waals surface area contributed by atoms with Crippen LogP contribution >= 0.6 is 0 Å². The fourth-order valence-corrected chi connectivity index (χ4v) is 1.85. The van der Waals surface area contributed by atoms with Crippen LogP contribution in [0.5, 0.6) is 0 Å². The van der Waals surface area contributed by atoms with Crippen LogP contribution in [-0.4, -0.2) is 25.3 Å². The van der Waals surface area contributed by atoms with Gasteiger partial charge in [-0.1, -0.05) is 39.0 Å². The van der Waals surface area contributed by atoms with Gasteiger partial charge in [-0.05, 0) is 23.5 Å². The topological polar surface area (TPSA) is 38.8 Å². The van der Waals surface area contributed by atoms with Gasteiger partial charge in [0.05, 0.1) is 12.2 Å². The Kier molecular flexibility index (Phi) is 3.71. The van der Waals surface area contributed by atoms with E-state index in [1.807, 2.05) is 24.3 Å². The monoisotopic (exact) mass is 248 g/mol. The Balaban J connectivity index is 2.17. The molecule has 2 rings (SSSR count). The lowest BCUT2D eigenvalue weighted by Gasteiger charge is -2.25. The van der Waals surface area contributed by atoms with E-state index >= 15 is 0 Å². The molecule has 1 aliphatic heterocycles. The molecule has 0 bridgehead atoms. The largest absolute Gasteiger partial charge is 0.459 e. The molecule has 1 atom stereocenters. The van der Waals surface area contributed by atoms with Gasteiger partial charge >= 0.3 is 5.97 Å². The minimum absolute atomic E-state index is 0.0221. The summed E-state index contributed by atoms with van der Waals surface area (Å²) in [6.45, 7) is 7.47. The molecule has 1 aromatic carbocycles. The Morgan fingerprint density at radius 1 is 1.44 bits per heavy atom. The summed E-state index contributed by atoms with van der Waals surface area (Å²) in [6.07, 6.45) is 1.09. The highest BCUT2D eigenvalue weighted by atomic mass is 16.6. The van der Waals surface area contributed by atoms with E-state index < -0.39 is 0 Å². The lowest BCUT2D eigenvalue weighted by atomic mass is 9.80. The summed E-state index contributed by atoms with van der Waals surface area (Å²) < 4.78 is 10.3. The number of hydrogen-bond donors (Lipinski definition) is 0. The molecular formula is C15H20O3. The first kappa shape index (κ1) is 13.1. The number of carbonyl (C=O) groups excluding carboxylic acids is 1. The van der Waals surface area contributed by atoms with Crippen LogP contribution in [0.4, 0.5) is 0 Å². The second kappa shape index (κ2) is 5.11. The average molecular weight is 248 g/mol. The number of esters is 1. The van der Waals surface area contributed by atoms with Gasteiger partial charge in [0.2, 0.25) is 0 Å². The maximum atomic E-state index is 12.1. The van der Waals surface area contributed by atoms with Gasteiger partial charge in [-0.25, -0.2) is 4.79 Å². The van der Waals surface area contributed by atoms with Gasteiger partial charge in [-0.3, -0.25) is 0 Å². The fourth-order valence-electron chi connectivity index (χ4n) is 1.85. The zero-order chi connectivity index (χ0) is 13.2. The maximum absolute atomic E-state index is 12.1. The third kappa shape index (κ3) is 2.91. The second-order valence-corrected chi connectivity index (χ2v) is 5.34. The van der Waals surface area contributed by atoms with Crippen molar-refractivity contribution in [3.05, 3.63) is 35.4 Å². The molecule has 1 saturated heterocycles. The molecule has 0 aromatic heterocycles. The summed E-state index contributed by atoms with van der Waals surface area (Å²) in [5.41, 5.74) is 1.70. The molecule has 98 valence electrons. The van der Waals surface area contributed by atoms with Gasteiger partial charge in [0.15, 0.2) is 0 Å². The lowest BCUT2D eigenvalue weighted by Crippen LogP contribution is -2.21. The third-order valence-electron chi connectivity index (χ3n) is 3.56. The summed E-state index contributed by atoms with van der Waals surface area (Å²) in [5, 5.41) is 0. The van der Waals surface area contributed by atoms with Gasteiger partial charge in [0.1, 0.15) is 12.7 Å². The van der Waals surface area contributed by atoms with Gasteiger partial charge in [-0.15, -0.1) is 0 Å². The van der Waals surface area contributed by atoms with Crippen molar-refractivity contribution < 1.29 is 14.3 Å². The van der Waals surface area contributed by atoms with Crippen LogP contribution in [0.2, 0.25) is 0 Å². The van der Waals surface area contributed by atoms with Crippen molar-refractivity contribution in [3.63, 3.8) is 0 Å². The van der Waals surface area contributed by atoms with Gasteiger partial charge in [0, 0.05) is 0 Å². The van der Waals surface area contributed by atoms with Gasteiger partial charge in [-0.2, -0.15) is 0 Å². The number of benzene rings is 1. The van der Waals surface area contributed by atoms with E-state index in [0.717, 1.165) is 12.0 Å². The molecule has 0 saturated carbocycles. The van der Waals surface area contributed by atoms with Crippen molar-refractivity contribution in [1.29, 1.82) is 0 Å². The highest BCUT2D eigenvalue weighted by Gasteiger charge is 2.27. The van der Waals surface area contributed by atoms with E-state index in [2.05, 4.69) is 20.8 Å².